The first kappa shape index (κ1) is 15.5. The Morgan fingerprint density at radius 3 is 2.46 bits per heavy atom. The van der Waals surface area contributed by atoms with Gasteiger partial charge in [0.2, 0.25) is 0 Å². The summed E-state index contributed by atoms with van der Waals surface area (Å²) in [5.74, 6) is 0.732. The molecule has 0 fully saturated rings. The molecule has 6 heteroatoms. The Hall–Kier alpha value is -3.41. The van der Waals surface area contributed by atoms with Crippen LogP contribution in [0.3, 0.4) is 0 Å². The van der Waals surface area contributed by atoms with E-state index in [9.17, 15) is 0 Å². The average Bonchev–Trinajstić information content (AvgIpc) is 2.55. The molecule has 1 heterocycles. The third kappa shape index (κ3) is 2.77. The zero-order valence-corrected chi connectivity index (χ0v) is 13.0. The van der Waals surface area contributed by atoms with Crippen LogP contribution in [0.5, 0.6) is 11.5 Å². The summed E-state index contributed by atoms with van der Waals surface area (Å²) in [6.45, 7) is 1.08. The number of hydrogen-bond donors (Lipinski definition) is 4. The molecule has 3 aromatic rings. The number of ether oxygens (including phenoxy) is 1. The van der Waals surface area contributed by atoms with Crippen molar-refractivity contribution in [1.29, 1.82) is 0 Å². The fraction of sp³-hybridized carbons (Fsp3) is 0.0556. The molecule has 1 aliphatic rings. The minimum Gasteiger partial charge on any atom is -0.481 e. The van der Waals surface area contributed by atoms with Crippen molar-refractivity contribution in [3.05, 3.63) is 48.5 Å². The molecule has 6 nitrogen and oxygen atoms in total. The van der Waals surface area contributed by atoms with Crippen LogP contribution in [0.4, 0.5) is 22.7 Å². The van der Waals surface area contributed by atoms with Crippen molar-refractivity contribution in [3.8, 4) is 11.5 Å². The highest BCUT2D eigenvalue weighted by molar-refractivity contribution is 6.09. The van der Waals surface area contributed by atoms with Gasteiger partial charge in [0.25, 0.3) is 5.97 Å². The molecule has 1 aliphatic heterocycles. The number of nitrogens with two attached hydrogens (primary N) is 2. The van der Waals surface area contributed by atoms with Crippen LogP contribution in [-0.4, -0.2) is 11.1 Å². The van der Waals surface area contributed by atoms with Crippen molar-refractivity contribution >= 4 is 39.5 Å². The van der Waals surface area contributed by atoms with Gasteiger partial charge in [0.1, 0.15) is 0 Å². The van der Waals surface area contributed by atoms with Gasteiger partial charge >= 0.3 is 0 Å². The van der Waals surface area contributed by atoms with E-state index >= 15 is 0 Å². The fourth-order valence-electron chi connectivity index (χ4n) is 2.56. The summed E-state index contributed by atoms with van der Waals surface area (Å²) in [5.41, 5.74) is 15.0. The number of carboxylic acids is 1. The molecule has 0 saturated carbocycles. The molecule has 6 N–H and O–H groups in total. The van der Waals surface area contributed by atoms with Crippen molar-refractivity contribution in [2.45, 2.75) is 6.92 Å². The molecule has 0 unspecified atom stereocenters. The monoisotopic (exact) mass is 323 g/mol. The molecule has 122 valence electrons. The van der Waals surface area contributed by atoms with E-state index in [1.165, 1.54) is 0 Å². The predicted molar refractivity (Wildman–Crippen MR) is 95.9 cm³/mol. The second-order valence-electron chi connectivity index (χ2n) is 5.35. The molecule has 0 spiro atoms. The van der Waals surface area contributed by atoms with E-state index < -0.39 is 5.97 Å². The third-order valence-electron chi connectivity index (χ3n) is 3.59. The van der Waals surface area contributed by atoms with Gasteiger partial charge in [-0.15, -0.1) is 0 Å². The number of aliphatic carboxylic acids is 1. The number of nitrogens with one attached hydrogen (secondary N) is 1. The van der Waals surface area contributed by atoms with Crippen LogP contribution in [0.1, 0.15) is 6.92 Å². The standard InChI is InChI=1S/C16H13N3O.C2H4O2/c17-10-7-5-9-6-8-13-16(14(9)15(10)18)19-11-3-1-2-4-12(11)20-13;1-2(3)4/h1-8,19H,17-18H2;1H3,(H,3,4). The Morgan fingerprint density at radius 1 is 1.04 bits per heavy atom. The Morgan fingerprint density at radius 2 is 1.71 bits per heavy atom. The predicted octanol–water partition coefficient (Wildman–Crippen LogP) is 3.94. The van der Waals surface area contributed by atoms with Gasteiger partial charge in [-0.2, -0.15) is 0 Å². The molecular formula is C18H17N3O3. The van der Waals surface area contributed by atoms with E-state index in [1.807, 2.05) is 48.5 Å². The first-order valence-corrected chi connectivity index (χ1v) is 7.31. The first-order valence-electron chi connectivity index (χ1n) is 7.31. The smallest absolute Gasteiger partial charge is 0.300 e. The lowest BCUT2D eigenvalue weighted by Gasteiger charge is -2.23. The molecule has 0 amide bonds. The number of nitrogen functional groups attached to an aromatic ring is 2. The number of para-hydroxylation sites is 2. The summed E-state index contributed by atoms with van der Waals surface area (Å²) in [7, 11) is 0. The summed E-state index contributed by atoms with van der Waals surface area (Å²) >= 11 is 0. The first-order chi connectivity index (χ1) is 11.5. The number of hydrogen-bond acceptors (Lipinski definition) is 5. The van der Waals surface area contributed by atoms with Crippen molar-refractivity contribution in [3.63, 3.8) is 0 Å². The molecule has 0 saturated heterocycles. The highest BCUT2D eigenvalue weighted by atomic mass is 16.5. The number of carboxylic acid groups (broad SMARTS) is 1. The molecule has 4 rings (SSSR count). The Kier molecular flexibility index (Phi) is 3.87. The van der Waals surface area contributed by atoms with Crippen molar-refractivity contribution in [2.24, 2.45) is 0 Å². The summed E-state index contributed by atoms with van der Waals surface area (Å²) in [6.07, 6.45) is 0. The Labute approximate surface area is 138 Å². The maximum atomic E-state index is 9.00. The van der Waals surface area contributed by atoms with E-state index in [0.717, 1.165) is 40.6 Å². The second-order valence-corrected chi connectivity index (χ2v) is 5.35. The number of benzene rings is 3. The third-order valence-corrected chi connectivity index (χ3v) is 3.59. The minimum absolute atomic E-state index is 0.576. The number of fused-ring (bicyclic) bond motifs is 4. The molecule has 0 aromatic heterocycles. The number of anilines is 4. The summed E-state index contributed by atoms with van der Waals surface area (Å²) in [5, 5.41) is 12.7. The summed E-state index contributed by atoms with van der Waals surface area (Å²) in [6, 6.07) is 15.5. The van der Waals surface area contributed by atoms with Crippen LogP contribution in [-0.2, 0) is 4.79 Å². The highest BCUT2D eigenvalue weighted by Crippen LogP contribution is 2.47. The minimum atomic E-state index is -0.833. The Bertz CT molecular complexity index is 934. The van der Waals surface area contributed by atoms with Crippen molar-refractivity contribution in [1.82, 2.24) is 0 Å². The molecule has 0 radical (unpaired) electrons. The zero-order valence-electron chi connectivity index (χ0n) is 13.0. The van der Waals surface area contributed by atoms with Crippen LogP contribution >= 0.6 is 0 Å². The van der Waals surface area contributed by atoms with Crippen LogP contribution in [0.15, 0.2) is 48.5 Å². The van der Waals surface area contributed by atoms with Crippen LogP contribution in [0.2, 0.25) is 0 Å². The van der Waals surface area contributed by atoms with Gasteiger partial charge in [0, 0.05) is 12.3 Å². The van der Waals surface area contributed by atoms with Gasteiger partial charge in [-0.1, -0.05) is 24.3 Å². The maximum Gasteiger partial charge on any atom is 0.300 e. The van der Waals surface area contributed by atoms with E-state index in [2.05, 4.69) is 5.32 Å². The molecule has 0 aliphatic carbocycles. The summed E-state index contributed by atoms with van der Waals surface area (Å²) < 4.78 is 5.92. The number of carbonyl (C=O) groups is 1. The summed E-state index contributed by atoms with van der Waals surface area (Å²) in [4.78, 5) is 9.00. The van der Waals surface area contributed by atoms with Gasteiger partial charge in [0.05, 0.1) is 22.7 Å². The van der Waals surface area contributed by atoms with E-state index in [-0.39, 0.29) is 0 Å². The topological polar surface area (TPSA) is 111 Å². The van der Waals surface area contributed by atoms with Gasteiger partial charge in [-0.3, -0.25) is 4.79 Å². The zero-order chi connectivity index (χ0) is 17.3. The van der Waals surface area contributed by atoms with Gasteiger partial charge in [-0.05, 0) is 29.7 Å². The van der Waals surface area contributed by atoms with Crippen LogP contribution in [0, 0.1) is 0 Å². The number of rotatable bonds is 0. The second kappa shape index (κ2) is 6.00. The maximum absolute atomic E-state index is 9.00. The lowest BCUT2D eigenvalue weighted by molar-refractivity contribution is -0.134. The quantitative estimate of drug-likeness (QED) is 0.365. The van der Waals surface area contributed by atoms with Crippen molar-refractivity contribution < 1.29 is 14.6 Å². The molecule has 3 aromatic carbocycles. The SMILES string of the molecule is CC(=O)O.Nc1ccc2ccc3c(c2c1N)Nc1ccccc1O3. The molecule has 0 atom stereocenters. The lowest BCUT2D eigenvalue weighted by Crippen LogP contribution is -2.05. The molecular weight excluding hydrogens is 306 g/mol. The van der Waals surface area contributed by atoms with Crippen LogP contribution < -0.4 is 21.5 Å². The van der Waals surface area contributed by atoms with Gasteiger partial charge in [-0.25, -0.2) is 0 Å². The van der Waals surface area contributed by atoms with E-state index in [4.69, 9.17) is 26.1 Å². The van der Waals surface area contributed by atoms with Crippen LogP contribution in [0.25, 0.3) is 10.8 Å². The van der Waals surface area contributed by atoms with Crippen molar-refractivity contribution in [2.75, 3.05) is 16.8 Å². The van der Waals surface area contributed by atoms with Gasteiger partial charge in [0.15, 0.2) is 11.5 Å². The normalized spacial score (nSPS) is 11.2. The molecule has 24 heavy (non-hydrogen) atoms. The molecule has 0 bridgehead atoms. The highest BCUT2D eigenvalue weighted by Gasteiger charge is 2.19. The Balaban J connectivity index is 0.000000383. The van der Waals surface area contributed by atoms with E-state index in [0.29, 0.717) is 11.4 Å². The lowest BCUT2D eigenvalue weighted by atomic mass is 10.0. The van der Waals surface area contributed by atoms with E-state index in [1.54, 1.807) is 0 Å². The largest absolute Gasteiger partial charge is 0.481 e. The fourth-order valence-corrected chi connectivity index (χ4v) is 2.56. The average molecular weight is 323 g/mol. The van der Waals surface area contributed by atoms with Gasteiger partial charge < -0.3 is 26.6 Å².